The van der Waals surface area contributed by atoms with Crippen molar-refractivity contribution in [3.8, 4) is 24.1 Å². The second-order valence-electron chi connectivity index (χ2n) is 5.63. The summed E-state index contributed by atoms with van der Waals surface area (Å²) >= 11 is 0. The molecule has 0 unspecified atom stereocenters. The van der Waals surface area contributed by atoms with Gasteiger partial charge in [0.2, 0.25) is 0 Å². The lowest BCUT2D eigenvalue weighted by atomic mass is 10.2. The van der Waals surface area contributed by atoms with Gasteiger partial charge in [0, 0.05) is 12.8 Å². The van der Waals surface area contributed by atoms with Gasteiger partial charge in [-0.05, 0) is 12.8 Å². The third-order valence-electron chi connectivity index (χ3n) is 3.32. The Bertz CT molecular complexity index is 416. The van der Waals surface area contributed by atoms with Crippen LogP contribution in [0.25, 0.3) is 0 Å². The van der Waals surface area contributed by atoms with Crippen LogP contribution in [-0.4, -0.2) is 11.9 Å². The van der Waals surface area contributed by atoms with E-state index in [1.165, 1.54) is 25.7 Å². The van der Waals surface area contributed by atoms with Crippen LogP contribution in [0.15, 0.2) is 0 Å². The molecule has 0 N–H and O–H groups in total. The van der Waals surface area contributed by atoms with E-state index in [0.29, 0.717) is 0 Å². The molecule has 0 saturated carbocycles. The Balaban J connectivity index is 3.63. The van der Waals surface area contributed by atoms with Gasteiger partial charge in [0.15, 0.2) is 0 Å². The molecule has 0 aromatic rings. The summed E-state index contributed by atoms with van der Waals surface area (Å²) in [5.74, 6) is 4.56. The standard InChI is InChI=1S/C20H30O4/c1-3-5-7-9-11-13-17-23-19(21)15-16-20(22)24-18-14-12-10-8-6-4-2/h3-12,15-16H2,1-2H3. The van der Waals surface area contributed by atoms with E-state index >= 15 is 0 Å². The van der Waals surface area contributed by atoms with Gasteiger partial charge in [-0.15, -0.1) is 0 Å². The molecule has 0 fully saturated rings. The molecule has 4 heteroatoms. The number of carbonyl (C=O) groups excluding carboxylic acids is 2. The Hall–Kier alpha value is -1.94. The highest BCUT2D eigenvalue weighted by atomic mass is 16.5. The molecule has 0 amide bonds. The molecule has 0 radical (unpaired) electrons. The molecule has 0 aromatic carbocycles. The minimum Gasteiger partial charge on any atom is -0.372 e. The fourth-order valence-corrected chi connectivity index (χ4v) is 1.87. The fraction of sp³-hybridized carbons (Fsp3) is 0.700. The highest BCUT2D eigenvalue weighted by Crippen LogP contribution is 2.02. The van der Waals surface area contributed by atoms with Crippen LogP contribution in [0, 0.1) is 24.1 Å². The SMILES string of the molecule is CCCCCCC#COC(=O)CCC(=O)OC#CCCCCCC. The Labute approximate surface area is 146 Å². The highest BCUT2D eigenvalue weighted by molar-refractivity contribution is 5.78. The van der Waals surface area contributed by atoms with Crippen molar-refractivity contribution in [2.24, 2.45) is 0 Å². The highest BCUT2D eigenvalue weighted by Gasteiger charge is 2.07. The molecule has 24 heavy (non-hydrogen) atoms. The molecule has 0 bridgehead atoms. The lowest BCUT2D eigenvalue weighted by Crippen LogP contribution is -2.06. The van der Waals surface area contributed by atoms with Gasteiger partial charge in [0.05, 0.1) is 12.8 Å². The molecule has 134 valence electrons. The monoisotopic (exact) mass is 334 g/mol. The maximum atomic E-state index is 11.4. The molecule has 4 nitrogen and oxygen atoms in total. The lowest BCUT2D eigenvalue weighted by Gasteiger charge is -1.96. The van der Waals surface area contributed by atoms with Crippen molar-refractivity contribution >= 4 is 11.9 Å². The normalized spacial score (nSPS) is 9.25. The first-order valence-electron chi connectivity index (χ1n) is 9.05. The first-order chi connectivity index (χ1) is 11.7. The molecular weight excluding hydrogens is 304 g/mol. The van der Waals surface area contributed by atoms with Gasteiger partial charge in [-0.1, -0.05) is 64.2 Å². The predicted molar refractivity (Wildman–Crippen MR) is 94.5 cm³/mol. The van der Waals surface area contributed by atoms with E-state index in [2.05, 4.69) is 37.9 Å². The van der Waals surface area contributed by atoms with Gasteiger partial charge in [-0.2, -0.15) is 0 Å². The van der Waals surface area contributed by atoms with Gasteiger partial charge in [-0.25, -0.2) is 0 Å². The van der Waals surface area contributed by atoms with E-state index in [1.54, 1.807) is 0 Å². The summed E-state index contributed by atoms with van der Waals surface area (Å²) < 4.78 is 9.47. The molecular formula is C20H30O4. The van der Waals surface area contributed by atoms with Crippen molar-refractivity contribution in [1.82, 2.24) is 0 Å². The first-order valence-corrected chi connectivity index (χ1v) is 9.05. The third kappa shape index (κ3) is 16.4. The summed E-state index contributed by atoms with van der Waals surface area (Å²) in [5.41, 5.74) is 0. The molecule has 0 heterocycles. The van der Waals surface area contributed by atoms with Crippen molar-refractivity contribution in [2.45, 2.75) is 90.9 Å². The number of carbonyl (C=O) groups is 2. The van der Waals surface area contributed by atoms with Crippen LogP contribution in [0.5, 0.6) is 0 Å². The van der Waals surface area contributed by atoms with Crippen LogP contribution in [0.4, 0.5) is 0 Å². The zero-order valence-electron chi connectivity index (χ0n) is 15.1. The number of esters is 2. The fourth-order valence-electron chi connectivity index (χ4n) is 1.87. The summed E-state index contributed by atoms with van der Waals surface area (Å²) in [6.45, 7) is 4.30. The topological polar surface area (TPSA) is 52.6 Å². The largest absolute Gasteiger partial charge is 0.372 e. The molecule has 0 saturated heterocycles. The van der Waals surface area contributed by atoms with Crippen molar-refractivity contribution in [3.05, 3.63) is 0 Å². The minimum absolute atomic E-state index is 0.0402. The van der Waals surface area contributed by atoms with Crippen LogP contribution in [0.3, 0.4) is 0 Å². The quantitative estimate of drug-likeness (QED) is 0.312. The second-order valence-corrected chi connectivity index (χ2v) is 5.63. The molecule has 0 atom stereocenters. The van der Waals surface area contributed by atoms with Crippen LogP contribution < -0.4 is 0 Å². The Morgan fingerprint density at radius 3 is 1.46 bits per heavy atom. The number of rotatable bonds is 11. The third-order valence-corrected chi connectivity index (χ3v) is 3.32. The maximum Gasteiger partial charge on any atom is 0.320 e. The summed E-state index contributed by atoms with van der Waals surface area (Å²) in [6.07, 6.45) is 15.2. The van der Waals surface area contributed by atoms with E-state index in [9.17, 15) is 9.59 Å². The Kier molecular flexibility index (Phi) is 16.0. The molecule has 0 rings (SSSR count). The van der Waals surface area contributed by atoms with Gasteiger partial charge >= 0.3 is 11.9 Å². The van der Waals surface area contributed by atoms with Crippen molar-refractivity contribution < 1.29 is 19.1 Å². The van der Waals surface area contributed by atoms with Gasteiger partial charge in [0.25, 0.3) is 0 Å². The number of hydrogen-bond acceptors (Lipinski definition) is 4. The van der Waals surface area contributed by atoms with E-state index in [4.69, 9.17) is 9.47 Å². The van der Waals surface area contributed by atoms with Crippen LogP contribution in [0.1, 0.15) is 90.9 Å². The Morgan fingerprint density at radius 2 is 1.08 bits per heavy atom. The predicted octanol–water partition coefficient (Wildman–Crippen LogP) is 4.72. The maximum absolute atomic E-state index is 11.4. The van der Waals surface area contributed by atoms with Crippen molar-refractivity contribution in [3.63, 3.8) is 0 Å². The van der Waals surface area contributed by atoms with Gasteiger partial charge in [-0.3, -0.25) is 9.59 Å². The average Bonchev–Trinajstić information content (AvgIpc) is 2.58. The average molecular weight is 334 g/mol. The van der Waals surface area contributed by atoms with Crippen LogP contribution >= 0.6 is 0 Å². The van der Waals surface area contributed by atoms with Gasteiger partial charge < -0.3 is 9.47 Å². The number of unbranched alkanes of at least 4 members (excludes halogenated alkanes) is 8. The minimum atomic E-state index is -0.513. The molecule has 0 aromatic heterocycles. The summed E-state index contributed by atoms with van der Waals surface area (Å²) in [5, 5.41) is 0. The summed E-state index contributed by atoms with van der Waals surface area (Å²) in [4.78, 5) is 22.8. The molecule has 0 spiro atoms. The van der Waals surface area contributed by atoms with Crippen LogP contribution in [0.2, 0.25) is 0 Å². The smallest absolute Gasteiger partial charge is 0.320 e. The molecule has 0 aliphatic carbocycles. The lowest BCUT2D eigenvalue weighted by molar-refractivity contribution is -0.143. The Morgan fingerprint density at radius 1 is 0.667 bits per heavy atom. The molecule has 0 aliphatic heterocycles. The first kappa shape index (κ1) is 22.1. The van der Waals surface area contributed by atoms with E-state index in [1.807, 2.05) is 0 Å². The second kappa shape index (κ2) is 17.4. The summed E-state index contributed by atoms with van der Waals surface area (Å²) in [6, 6.07) is 0. The number of ether oxygens (including phenoxy) is 2. The van der Waals surface area contributed by atoms with Crippen molar-refractivity contribution in [2.75, 3.05) is 0 Å². The molecule has 0 aliphatic rings. The zero-order valence-corrected chi connectivity index (χ0v) is 15.1. The van der Waals surface area contributed by atoms with Crippen molar-refractivity contribution in [1.29, 1.82) is 0 Å². The van der Waals surface area contributed by atoms with E-state index in [0.717, 1.165) is 38.5 Å². The summed E-state index contributed by atoms with van der Waals surface area (Å²) in [7, 11) is 0. The number of hydrogen-bond donors (Lipinski definition) is 0. The van der Waals surface area contributed by atoms with E-state index < -0.39 is 11.9 Å². The van der Waals surface area contributed by atoms with E-state index in [-0.39, 0.29) is 12.8 Å². The van der Waals surface area contributed by atoms with Crippen LogP contribution in [-0.2, 0) is 19.1 Å². The van der Waals surface area contributed by atoms with Gasteiger partial charge in [0.1, 0.15) is 12.2 Å². The zero-order chi connectivity index (χ0) is 17.9.